The van der Waals surface area contributed by atoms with Crippen molar-refractivity contribution in [3.8, 4) is 0 Å². The van der Waals surface area contributed by atoms with Gasteiger partial charge in [0.2, 0.25) is 0 Å². The zero-order valence-corrected chi connectivity index (χ0v) is 12.1. The number of hydrogen-bond donors (Lipinski definition) is 2. The van der Waals surface area contributed by atoms with E-state index < -0.39 is 0 Å². The molecule has 1 fully saturated rings. The van der Waals surface area contributed by atoms with Gasteiger partial charge in [-0.3, -0.25) is 0 Å². The molecule has 0 unspecified atom stereocenters. The highest BCUT2D eigenvalue weighted by molar-refractivity contribution is 6.30. The van der Waals surface area contributed by atoms with Gasteiger partial charge in [-0.15, -0.1) is 0 Å². The molecule has 0 bridgehead atoms. The van der Waals surface area contributed by atoms with Gasteiger partial charge in [0.05, 0.1) is 0 Å². The molecule has 1 aliphatic heterocycles. The van der Waals surface area contributed by atoms with Crippen LogP contribution in [0.4, 0.5) is 0 Å². The minimum atomic E-state index is 0.469. The molecule has 2 nitrogen and oxygen atoms in total. The van der Waals surface area contributed by atoms with Gasteiger partial charge in [-0.25, -0.2) is 0 Å². The zero-order chi connectivity index (χ0) is 13.8. The highest BCUT2D eigenvalue weighted by Gasteiger charge is 2.27. The number of hydrogen-bond acceptors (Lipinski definition) is 2. The van der Waals surface area contributed by atoms with E-state index in [2.05, 4.69) is 53.1 Å². The van der Waals surface area contributed by atoms with Crippen molar-refractivity contribution in [2.24, 2.45) is 0 Å². The van der Waals surface area contributed by atoms with E-state index in [0.29, 0.717) is 12.0 Å². The summed E-state index contributed by atoms with van der Waals surface area (Å²) < 4.78 is 0. The van der Waals surface area contributed by atoms with E-state index in [0.717, 1.165) is 24.7 Å². The van der Waals surface area contributed by atoms with E-state index in [1.807, 2.05) is 12.1 Å². The Balaban J connectivity index is 1.65. The van der Waals surface area contributed by atoms with Gasteiger partial charge in [-0.2, -0.15) is 0 Å². The first-order valence-corrected chi connectivity index (χ1v) is 7.44. The monoisotopic (exact) mass is 286 g/mol. The third kappa shape index (κ3) is 3.21. The predicted molar refractivity (Wildman–Crippen MR) is 84.1 cm³/mol. The number of rotatable bonds is 4. The van der Waals surface area contributed by atoms with Gasteiger partial charge in [0.15, 0.2) is 0 Å². The molecule has 3 rings (SSSR count). The molecule has 2 N–H and O–H groups in total. The van der Waals surface area contributed by atoms with Crippen molar-refractivity contribution in [2.45, 2.75) is 18.5 Å². The lowest BCUT2D eigenvalue weighted by Gasteiger charge is -2.20. The Morgan fingerprint density at radius 2 is 1.75 bits per heavy atom. The second-order valence-corrected chi connectivity index (χ2v) is 5.73. The van der Waals surface area contributed by atoms with E-state index in [1.54, 1.807) is 0 Å². The normalized spacial score (nSPS) is 22.1. The lowest BCUT2D eigenvalue weighted by molar-refractivity contribution is 0.503. The lowest BCUT2D eigenvalue weighted by Crippen LogP contribution is -2.34. The largest absolute Gasteiger partial charge is 0.314 e. The van der Waals surface area contributed by atoms with Crippen LogP contribution in [0, 0.1) is 0 Å². The average molecular weight is 287 g/mol. The summed E-state index contributed by atoms with van der Waals surface area (Å²) in [6, 6.07) is 19.2. The van der Waals surface area contributed by atoms with Crippen LogP contribution in [0.2, 0.25) is 5.02 Å². The van der Waals surface area contributed by atoms with Crippen LogP contribution in [0.5, 0.6) is 0 Å². The first-order chi connectivity index (χ1) is 9.83. The molecule has 2 aromatic carbocycles. The highest BCUT2D eigenvalue weighted by atomic mass is 35.5. The molecule has 104 valence electrons. The summed E-state index contributed by atoms with van der Waals surface area (Å²) in [5.41, 5.74) is 2.68. The summed E-state index contributed by atoms with van der Waals surface area (Å²) in [5, 5.41) is 7.94. The van der Waals surface area contributed by atoms with Crippen LogP contribution in [0.15, 0.2) is 54.6 Å². The number of benzene rings is 2. The van der Waals surface area contributed by atoms with Crippen LogP contribution in [-0.4, -0.2) is 19.1 Å². The Bertz CT molecular complexity index is 539. The molecule has 0 saturated carbocycles. The zero-order valence-electron chi connectivity index (χ0n) is 11.4. The quantitative estimate of drug-likeness (QED) is 0.902. The third-order valence-electron chi connectivity index (χ3n) is 3.92. The maximum Gasteiger partial charge on any atom is 0.0406 e. The minimum absolute atomic E-state index is 0.469. The van der Waals surface area contributed by atoms with E-state index in [-0.39, 0.29) is 0 Å². The van der Waals surface area contributed by atoms with Crippen molar-refractivity contribution in [1.29, 1.82) is 0 Å². The Hall–Kier alpha value is -1.35. The van der Waals surface area contributed by atoms with Crippen molar-refractivity contribution in [1.82, 2.24) is 10.6 Å². The van der Waals surface area contributed by atoms with Gasteiger partial charge in [-0.1, -0.05) is 54.1 Å². The van der Waals surface area contributed by atoms with E-state index >= 15 is 0 Å². The second-order valence-electron chi connectivity index (χ2n) is 5.29. The topological polar surface area (TPSA) is 24.1 Å². The van der Waals surface area contributed by atoms with E-state index in [1.165, 1.54) is 11.1 Å². The van der Waals surface area contributed by atoms with Crippen molar-refractivity contribution in [3.05, 3.63) is 70.7 Å². The molecule has 0 spiro atoms. The molecule has 20 heavy (non-hydrogen) atoms. The van der Waals surface area contributed by atoms with Crippen molar-refractivity contribution in [3.63, 3.8) is 0 Å². The van der Waals surface area contributed by atoms with Gasteiger partial charge < -0.3 is 10.6 Å². The fourth-order valence-electron chi connectivity index (χ4n) is 2.80. The fourth-order valence-corrected chi connectivity index (χ4v) is 2.92. The molecule has 1 heterocycles. The summed E-state index contributed by atoms with van der Waals surface area (Å²) in [4.78, 5) is 0. The molecule has 0 aromatic heterocycles. The van der Waals surface area contributed by atoms with Crippen molar-refractivity contribution < 1.29 is 0 Å². The van der Waals surface area contributed by atoms with Crippen molar-refractivity contribution >= 4 is 11.6 Å². The van der Waals surface area contributed by atoms with Crippen LogP contribution in [0.1, 0.15) is 17.0 Å². The highest BCUT2D eigenvalue weighted by Crippen LogP contribution is 2.24. The van der Waals surface area contributed by atoms with E-state index in [9.17, 15) is 0 Å². The van der Waals surface area contributed by atoms with Crippen LogP contribution in [-0.2, 0) is 6.54 Å². The molecule has 1 saturated heterocycles. The average Bonchev–Trinajstić information content (AvgIpc) is 2.95. The molecular formula is C17H19ClN2. The Kier molecular flexibility index (Phi) is 4.36. The molecule has 0 aliphatic carbocycles. The Morgan fingerprint density at radius 3 is 2.50 bits per heavy atom. The fraction of sp³-hybridized carbons (Fsp3) is 0.294. The molecule has 0 amide bonds. The molecule has 2 aromatic rings. The molecule has 2 atom stereocenters. The first-order valence-electron chi connectivity index (χ1n) is 7.06. The molecule has 1 aliphatic rings. The summed E-state index contributed by atoms with van der Waals surface area (Å²) in [7, 11) is 0. The Morgan fingerprint density at radius 1 is 1.00 bits per heavy atom. The summed E-state index contributed by atoms with van der Waals surface area (Å²) >= 11 is 5.96. The smallest absolute Gasteiger partial charge is 0.0406 e. The predicted octanol–water partition coefficient (Wildman–Crippen LogP) is 3.19. The van der Waals surface area contributed by atoms with Gasteiger partial charge in [0.25, 0.3) is 0 Å². The van der Waals surface area contributed by atoms with Gasteiger partial charge in [0, 0.05) is 36.6 Å². The lowest BCUT2D eigenvalue weighted by atomic mass is 9.94. The molecular weight excluding hydrogens is 268 g/mol. The van der Waals surface area contributed by atoms with Gasteiger partial charge >= 0.3 is 0 Å². The number of nitrogens with one attached hydrogen (secondary N) is 2. The van der Waals surface area contributed by atoms with Gasteiger partial charge in [0.1, 0.15) is 0 Å². The van der Waals surface area contributed by atoms with Gasteiger partial charge in [-0.05, 0) is 23.3 Å². The van der Waals surface area contributed by atoms with Crippen LogP contribution in [0.25, 0.3) is 0 Å². The minimum Gasteiger partial charge on any atom is -0.314 e. The first kappa shape index (κ1) is 13.6. The Labute approximate surface area is 125 Å². The third-order valence-corrected chi connectivity index (χ3v) is 4.18. The molecule has 3 heteroatoms. The standard InChI is InChI=1S/C17H19ClN2/c18-15-8-6-14(7-9-15)16-11-19-12-17(16)20-10-13-4-2-1-3-5-13/h1-9,16-17,19-20H,10-12H2/t16-,17+/m1/s1. The summed E-state index contributed by atoms with van der Waals surface area (Å²) in [6.07, 6.45) is 0. The van der Waals surface area contributed by atoms with E-state index in [4.69, 9.17) is 11.6 Å². The van der Waals surface area contributed by atoms with Crippen LogP contribution >= 0.6 is 11.6 Å². The van der Waals surface area contributed by atoms with Crippen molar-refractivity contribution in [2.75, 3.05) is 13.1 Å². The molecule has 0 radical (unpaired) electrons. The summed E-state index contributed by atoms with van der Waals surface area (Å²) in [6.45, 7) is 2.95. The van der Waals surface area contributed by atoms with Crippen LogP contribution < -0.4 is 10.6 Å². The maximum absolute atomic E-state index is 5.96. The SMILES string of the molecule is Clc1ccc([C@H]2CNC[C@@H]2NCc2ccccc2)cc1. The maximum atomic E-state index is 5.96. The van der Waals surface area contributed by atoms with Crippen LogP contribution in [0.3, 0.4) is 0 Å². The number of halogens is 1. The second kappa shape index (κ2) is 6.40. The summed E-state index contributed by atoms with van der Waals surface area (Å²) in [5.74, 6) is 0.510.